The van der Waals surface area contributed by atoms with Gasteiger partial charge >= 0.3 is 0 Å². The summed E-state index contributed by atoms with van der Waals surface area (Å²) in [5.74, 6) is -0.0446. The molecule has 0 spiro atoms. The molecule has 1 N–H and O–H groups in total. The molecule has 0 saturated carbocycles. The molecular weight excluding hydrogens is 152 g/mol. The maximum Gasteiger partial charge on any atom is 0.158 e. The molecule has 1 unspecified atom stereocenters. The molecule has 0 amide bonds. The van der Waals surface area contributed by atoms with Crippen LogP contribution in [0.5, 0.6) is 0 Å². The largest absolute Gasteiger partial charge is 0.389 e. The molecule has 0 radical (unpaired) electrons. The highest BCUT2D eigenvalue weighted by molar-refractivity contribution is 5.94. The van der Waals surface area contributed by atoms with Crippen LogP contribution in [0.4, 0.5) is 0 Å². The molecule has 0 aliphatic carbocycles. The number of hydrogen-bond donors (Lipinski definition) is 1. The Morgan fingerprint density at radius 2 is 1.92 bits per heavy atom. The molecule has 0 aliphatic rings. The van der Waals surface area contributed by atoms with Crippen LogP contribution in [0.25, 0.3) is 0 Å². The van der Waals surface area contributed by atoms with Crippen LogP contribution in [0.2, 0.25) is 0 Å². The van der Waals surface area contributed by atoms with Crippen molar-refractivity contribution in [1.82, 2.24) is 0 Å². The number of ketones is 1. The monoisotopic (exact) mass is 172 g/mol. The van der Waals surface area contributed by atoms with Crippen LogP contribution in [-0.4, -0.2) is 17.0 Å². The zero-order valence-corrected chi connectivity index (χ0v) is 8.72. The van der Waals surface area contributed by atoms with E-state index in [4.69, 9.17) is 5.11 Å². The van der Waals surface area contributed by atoms with Gasteiger partial charge in [0, 0.05) is 5.57 Å². The van der Waals surface area contributed by atoms with Gasteiger partial charge in [0.1, 0.15) is 0 Å². The number of hydrogen-bond acceptors (Lipinski definition) is 2. The summed E-state index contributed by atoms with van der Waals surface area (Å²) in [5, 5.41) is 9.02. The lowest BCUT2D eigenvalue weighted by Crippen LogP contribution is -2.11. The van der Waals surface area contributed by atoms with Crippen LogP contribution in [0.15, 0.2) is 11.6 Å². The maximum atomic E-state index is 10.7. The Morgan fingerprint density at radius 1 is 1.50 bits per heavy atom. The van der Waals surface area contributed by atoms with Crippen molar-refractivity contribution in [3.05, 3.63) is 11.6 Å². The highest BCUT2D eigenvalue weighted by Crippen LogP contribution is 2.03. The fourth-order valence-electron chi connectivity index (χ4n) is 0.828. The van der Waals surface area contributed by atoms with E-state index in [-0.39, 0.29) is 5.78 Å². The minimum atomic E-state index is -0.627. The van der Waals surface area contributed by atoms with Gasteiger partial charge in [0.2, 0.25) is 0 Å². The Labute approximate surface area is 75.3 Å². The van der Waals surface area contributed by atoms with Gasteiger partial charge in [-0.15, -0.1) is 0 Å². The van der Waals surface area contributed by atoms with Crippen molar-refractivity contribution in [1.29, 1.82) is 0 Å². The van der Waals surface area contributed by atoms with E-state index in [9.17, 15) is 4.79 Å². The Bertz CT molecular complexity index is 146. The van der Waals surface area contributed by atoms with Gasteiger partial charge in [-0.25, -0.2) is 0 Å². The minimum Gasteiger partial charge on any atom is -0.389 e. The minimum absolute atomic E-state index is 0.0446. The fourth-order valence-corrected chi connectivity index (χ4v) is 0.828. The Morgan fingerprint density at radius 3 is 2.00 bits per heavy atom. The molecule has 72 valence electrons. The van der Waals surface area contributed by atoms with Gasteiger partial charge in [0.25, 0.3) is 0 Å². The molecule has 0 fully saturated rings. The summed E-state index contributed by atoms with van der Waals surface area (Å²) in [6.07, 6.45) is 1.92. The molecule has 2 nitrogen and oxygen atoms in total. The second-order valence-corrected chi connectivity index (χ2v) is 2.30. The second kappa shape index (κ2) is 8.47. The van der Waals surface area contributed by atoms with Gasteiger partial charge in [0.05, 0.1) is 6.10 Å². The van der Waals surface area contributed by atoms with E-state index < -0.39 is 6.10 Å². The zero-order chi connectivity index (χ0) is 10.1. The first-order valence-electron chi connectivity index (χ1n) is 4.48. The molecule has 0 aliphatic heterocycles. The smallest absolute Gasteiger partial charge is 0.158 e. The quantitative estimate of drug-likeness (QED) is 0.663. The van der Waals surface area contributed by atoms with Gasteiger partial charge < -0.3 is 5.11 Å². The van der Waals surface area contributed by atoms with Crippen LogP contribution >= 0.6 is 0 Å². The van der Waals surface area contributed by atoms with Crippen LogP contribution in [-0.2, 0) is 4.79 Å². The second-order valence-electron chi connectivity index (χ2n) is 2.30. The molecule has 2 heteroatoms. The zero-order valence-electron chi connectivity index (χ0n) is 8.72. The highest BCUT2D eigenvalue weighted by Gasteiger charge is 2.07. The van der Waals surface area contributed by atoms with E-state index in [1.54, 1.807) is 13.0 Å². The summed E-state index contributed by atoms with van der Waals surface area (Å²) in [7, 11) is 0. The summed E-state index contributed by atoms with van der Waals surface area (Å²) >= 11 is 0. The summed E-state index contributed by atoms with van der Waals surface area (Å²) in [6, 6.07) is 0. The van der Waals surface area contributed by atoms with Gasteiger partial charge in [-0.05, 0) is 20.3 Å². The van der Waals surface area contributed by atoms with E-state index >= 15 is 0 Å². The third-order valence-corrected chi connectivity index (χ3v) is 1.28. The van der Waals surface area contributed by atoms with Gasteiger partial charge in [0.15, 0.2) is 5.78 Å². The normalized spacial score (nSPS) is 13.0. The average Bonchev–Trinajstić information content (AvgIpc) is 2.03. The van der Waals surface area contributed by atoms with E-state index in [0.717, 1.165) is 6.42 Å². The number of allylic oxidation sites excluding steroid dienone is 1. The Kier molecular flexibility index (Phi) is 9.83. The number of aliphatic hydroxyl groups excluding tert-OH is 1. The third kappa shape index (κ3) is 6.10. The molecule has 0 bridgehead atoms. The Balaban J connectivity index is 0. The molecule has 0 aromatic rings. The van der Waals surface area contributed by atoms with Crippen molar-refractivity contribution in [3.63, 3.8) is 0 Å². The lowest BCUT2D eigenvalue weighted by molar-refractivity contribution is -0.114. The molecule has 0 heterocycles. The molecule has 1 atom stereocenters. The number of rotatable bonds is 3. The average molecular weight is 172 g/mol. The maximum absolute atomic E-state index is 10.7. The van der Waals surface area contributed by atoms with Gasteiger partial charge in [-0.3, -0.25) is 4.79 Å². The molecule has 0 aromatic carbocycles. The van der Waals surface area contributed by atoms with Gasteiger partial charge in [-0.2, -0.15) is 0 Å². The summed E-state index contributed by atoms with van der Waals surface area (Å²) < 4.78 is 0. The number of carbonyl (C=O) groups is 1. The highest BCUT2D eigenvalue weighted by atomic mass is 16.3. The first kappa shape index (κ1) is 13.9. The predicted molar refractivity (Wildman–Crippen MR) is 52.1 cm³/mol. The topological polar surface area (TPSA) is 37.3 Å². The molecule has 0 saturated heterocycles. The summed E-state index contributed by atoms with van der Waals surface area (Å²) in [4.78, 5) is 10.7. The van der Waals surface area contributed by atoms with E-state index in [1.807, 2.05) is 20.8 Å². The van der Waals surface area contributed by atoms with E-state index in [1.165, 1.54) is 6.92 Å². The lowest BCUT2D eigenvalue weighted by Gasteiger charge is -2.04. The Hall–Kier alpha value is -0.630. The van der Waals surface area contributed by atoms with E-state index in [0.29, 0.717) is 5.57 Å². The van der Waals surface area contributed by atoms with Crippen LogP contribution in [0.1, 0.15) is 41.0 Å². The van der Waals surface area contributed by atoms with Crippen molar-refractivity contribution in [2.24, 2.45) is 0 Å². The van der Waals surface area contributed by atoms with E-state index in [2.05, 4.69) is 0 Å². The number of Topliss-reactive ketones (excluding diaryl/α,β-unsaturated/α-hetero) is 1. The van der Waals surface area contributed by atoms with Crippen molar-refractivity contribution < 1.29 is 9.90 Å². The molecule has 0 rings (SSSR count). The number of carbonyl (C=O) groups excluding carboxylic acids is 1. The molecular formula is C10H20O2. The predicted octanol–water partition coefficient (Wildman–Crippen LogP) is 2.32. The van der Waals surface area contributed by atoms with Crippen molar-refractivity contribution >= 4 is 5.78 Å². The standard InChI is InChI=1S/C8H14O2.C2H6/c1-4-5-8(6(2)9)7(3)10;1-2/h5-6,9H,4H2,1-3H3;1-2H3/b8-5-;. The first-order valence-corrected chi connectivity index (χ1v) is 4.48. The van der Waals surface area contributed by atoms with Crippen molar-refractivity contribution in [3.8, 4) is 0 Å². The van der Waals surface area contributed by atoms with Gasteiger partial charge in [-0.1, -0.05) is 26.8 Å². The van der Waals surface area contributed by atoms with Crippen molar-refractivity contribution in [2.75, 3.05) is 0 Å². The molecule has 0 aromatic heterocycles. The summed E-state index contributed by atoms with van der Waals surface area (Å²) in [5.41, 5.74) is 0.516. The van der Waals surface area contributed by atoms with Crippen LogP contribution in [0, 0.1) is 0 Å². The summed E-state index contributed by atoms with van der Waals surface area (Å²) in [6.45, 7) is 9.00. The lowest BCUT2D eigenvalue weighted by atomic mass is 10.1. The van der Waals surface area contributed by atoms with Crippen molar-refractivity contribution in [2.45, 2.75) is 47.1 Å². The fraction of sp³-hybridized carbons (Fsp3) is 0.700. The third-order valence-electron chi connectivity index (χ3n) is 1.28. The SMILES string of the molecule is CC.CC/C=C(\C(C)=O)C(C)O. The number of aliphatic hydroxyl groups is 1. The molecule has 12 heavy (non-hydrogen) atoms. The van der Waals surface area contributed by atoms with Crippen LogP contribution in [0.3, 0.4) is 0 Å². The first-order chi connectivity index (χ1) is 5.59. The van der Waals surface area contributed by atoms with Crippen LogP contribution < -0.4 is 0 Å².